The molecule has 0 saturated carbocycles. The maximum Gasteiger partial charge on any atom is 0.337 e. The molecule has 3 aromatic rings. The van der Waals surface area contributed by atoms with Crippen LogP contribution in [0.1, 0.15) is 49.3 Å². The standard InChI is InChI=1S/C23H27N3O2/c1-6-15-12-13-18(17(14-15)22(27)28)24-21-19(16-10-8-7-9-11-16)20(23(2,3)4)25-26(21)5/h7-14,24H,6H2,1-5H3,(H,27,28). The third-order valence-corrected chi connectivity index (χ3v) is 4.80. The van der Waals surface area contributed by atoms with Crippen LogP contribution in [0.25, 0.3) is 11.1 Å². The predicted molar refractivity (Wildman–Crippen MR) is 113 cm³/mol. The van der Waals surface area contributed by atoms with Crippen molar-refractivity contribution in [3.05, 3.63) is 65.4 Å². The van der Waals surface area contributed by atoms with Crippen molar-refractivity contribution >= 4 is 17.5 Å². The number of carboxylic acids is 1. The normalized spacial score (nSPS) is 11.5. The minimum absolute atomic E-state index is 0.162. The highest BCUT2D eigenvalue weighted by Crippen LogP contribution is 2.39. The molecule has 0 aliphatic rings. The topological polar surface area (TPSA) is 67.2 Å². The lowest BCUT2D eigenvalue weighted by Gasteiger charge is -2.18. The third-order valence-electron chi connectivity index (χ3n) is 4.80. The first-order valence-electron chi connectivity index (χ1n) is 9.48. The third kappa shape index (κ3) is 3.79. The van der Waals surface area contributed by atoms with E-state index in [1.54, 1.807) is 10.7 Å². The van der Waals surface area contributed by atoms with E-state index in [0.29, 0.717) is 5.69 Å². The molecule has 0 fully saturated rings. The summed E-state index contributed by atoms with van der Waals surface area (Å²) < 4.78 is 1.79. The fraction of sp³-hybridized carbons (Fsp3) is 0.304. The van der Waals surface area contributed by atoms with Crippen molar-refractivity contribution in [3.63, 3.8) is 0 Å². The molecule has 3 rings (SSSR count). The van der Waals surface area contributed by atoms with Crippen molar-refractivity contribution < 1.29 is 9.90 Å². The zero-order valence-electron chi connectivity index (χ0n) is 17.1. The number of hydrogen-bond donors (Lipinski definition) is 2. The van der Waals surface area contributed by atoms with Crippen LogP contribution in [-0.4, -0.2) is 20.9 Å². The molecule has 28 heavy (non-hydrogen) atoms. The van der Waals surface area contributed by atoms with Crippen molar-refractivity contribution in [2.75, 3.05) is 5.32 Å². The Hall–Kier alpha value is -3.08. The Morgan fingerprint density at radius 2 is 1.82 bits per heavy atom. The van der Waals surface area contributed by atoms with Gasteiger partial charge in [-0.05, 0) is 29.7 Å². The summed E-state index contributed by atoms with van der Waals surface area (Å²) in [6.45, 7) is 8.40. The maximum absolute atomic E-state index is 11.8. The fourth-order valence-electron chi connectivity index (χ4n) is 3.30. The van der Waals surface area contributed by atoms with Crippen molar-refractivity contribution in [3.8, 4) is 11.1 Å². The van der Waals surface area contributed by atoms with E-state index in [4.69, 9.17) is 5.10 Å². The number of carbonyl (C=O) groups is 1. The number of aromatic nitrogens is 2. The highest BCUT2D eigenvalue weighted by molar-refractivity contribution is 5.96. The predicted octanol–water partition coefficient (Wildman–Crippen LogP) is 5.39. The van der Waals surface area contributed by atoms with Crippen LogP contribution in [0.4, 0.5) is 11.5 Å². The zero-order valence-corrected chi connectivity index (χ0v) is 17.1. The van der Waals surface area contributed by atoms with Crippen molar-refractivity contribution in [1.29, 1.82) is 0 Å². The second kappa shape index (κ2) is 7.50. The molecule has 5 heteroatoms. The Balaban J connectivity index is 2.19. The molecule has 5 nitrogen and oxygen atoms in total. The van der Waals surface area contributed by atoms with Crippen LogP contribution in [0.2, 0.25) is 0 Å². The number of aryl methyl sites for hydroxylation is 2. The Morgan fingerprint density at radius 3 is 2.39 bits per heavy atom. The van der Waals surface area contributed by atoms with Crippen molar-refractivity contribution in [2.45, 2.75) is 39.5 Å². The number of nitrogens with zero attached hydrogens (tertiary/aromatic N) is 2. The van der Waals surface area contributed by atoms with Gasteiger partial charge in [-0.25, -0.2) is 4.79 Å². The van der Waals surface area contributed by atoms with Gasteiger partial charge in [-0.3, -0.25) is 4.68 Å². The van der Waals surface area contributed by atoms with Gasteiger partial charge in [0.15, 0.2) is 0 Å². The van der Waals surface area contributed by atoms with E-state index in [0.717, 1.165) is 34.6 Å². The lowest BCUT2D eigenvalue weighted by molar-refractivity contribution is 0.0698. The average molecular weight is 377 g/mol. The first-order chi connectivity index (χ1) is 13.2. The van der Waals surface area contributed by atoms with E-state index < -0.39 is 5.97 Å². The quantitative estimate of drug-likeness (QED) is 0.626. The van der Waals surface area contributed by atoms with Crippen LogP contribution >= 0.6 is 0 Å². The van der Waals surface area contributed by atoms with Crippen LogP contribution in [0.3, 0.4) is 0 Å². The minimum atomic E-state index is -0.947. The summed E-state index contributed by atoms with van der Waals surface area (Å²) >= 11 is 0. The van der Waals surface area contributed by atoms with Gasteiger partial charge in [0.05, 0.1) is 16.9 Å². The first kappa shape index (κ1) is 19.7. The van der Waals surface area contributed by atoms with Crippen LogP contribution < -0.4 is 5.32 Å². The lowest BCUT2D eigenvalue weighted by Crippen LogP contribution is -2.13. The molecule has 2 N–H and O–H groups in total. The number of carboxylic acid groups (broad SMARTS) is 1. The minimum Gasteiger partial charge on any atom is -0.478 e. The molecule has 0 bridgehead atoms. The number of anilines is 2. The van der Waals surface area contributed by atoms with Gasteiger partial charge < -0.3 is 10.4 Å². The molecule has 2 aromatic carbocycles. The number of nitrogens with one attached hydrogen (secondary N) is 1. The zero-order chi connectivity index (χ0) is 20.5. The summed E-state index contributed by atoms with van der Waals surface area (Å²) in [6.07, 6.45) is 0.787. The highest BCUT2D eigenvalue weighted by atomic mass is 16.4. The number of aromatic carboxylic acids is 1. The Bertz CT molecular complexity index is 999. The average Bonchev–Trinajstić information content (AvgIpc) is 2.99. The van der Waals surface area contributed by atoms with Gasteiger partial charge in [-0.15, -0.1) is 0 Å². The van der Waals surface area contributed by atoms with E-state index in [1.165, 1.54) is 0 Å². The molecule has 0 atom stereocenters. The molecular weight excluding hydrogens is 350 g/mol. The highest BCUT2D eigenvalue weighted by Gasteiger charge is 2.27. The summed E-state index contributed by atoms with van der Waals surface area (Å²) in [6, 6.07) is 15.6. The van der Waals surface area contributed by atoms with Gasteiger partial charge in [-0.2, -0.15) is 5.10 Å². The summed E-state index contributed by atoms with van der Waals surface area (Å²) in [4.78, 5) is 11.8. The van der Waals surface area contributed by atoms with Gasteiger partial charge in [0.2, 0.25) is 0 Å². The van der Waals surface area contributed by atoms with E-state index in [2.05, 4.69) is 38.2 Å². The molecule has 0 spiro atoms. The fourth-order valence-corrected chi connectivity index (χ4v) is 3.30. The molecule has 0 aliphatic heterocycles. The SMILES string of the molecule is CCc1ccc(Nc2c(-c3ccccc3)c(C(C)(C)C)nn2C)c(C(=O)O)c1. The van der Waals surface area contributed by atoms with E-state index in [1.807, 2.05) is 44.3 Å². The summed E-state index contributed by atoms with van der Waals surface area (Å²) in [5, 5.41) is 17.8. The van der Waals surface area contributed by atoms with Gasteiger partial charge in [0.25, 0.3) is 0 Å². The molecule has 146 valence electrons. The van der Waals surface area contributed by atoms with Crippen LogP contribution in [-0.2, 0) is 18.9 Å². The van der Waals surface area contributed by atoms with Crippen molar-refractivity contribution in [2.24, 2.45) is 7.05 Å². The number of rotatable bonds is 5. The summed E-state index contributed by atoms with van der Waals surface area (Å²) in [5.74, 6) is -0.167. The van der Waals surface area contributed by atoms with Gasteiger partial charge >= 0.3 is 5.97 Å². The van der Waals surface area contributed by atoms with Gasteiger partial charge in [0.1, 0.15) is 5.82 Å². The number of hydrogen-bond acceptors (Lipinski definition) is 3. The van der Waals surface area contributed by atoms with Crippen molar-refractivity contribution in [1.82, 2.24) is 9.78 Å². The molecule has 0 radical (unpaired) electrons. The van der Waals surface area contributed by atoms with E-state index in [9.17, 15) is 9.90 Å². The van der Waals surface area contributed by atoms with E-state index in [-0.39, 0.29) is 11.0 Å². The van der Waals surface area contributed by atoms with Gasteiger partial charge in [-0.1, -0.05) is 64.1 Å². The molecule has 1 aromatic heterocycles. The molecule has 0 saturated heterocycles. The molecule has 1 heterocycles. The second-order valence-electron chi connectivity index (χ2n) is 7.98. The molecule has 0 unspecified atom stereocenters. The van der Waals surface area contributed by atoms with Crippen LogP contribution in [0, 0.1) is 0 Å². The summed E-state index contributed by atoms with van der Waals surface area (Å²) in [5.41, 5.74) is 4.65. The summed E-state index contributed by atoms with van der Waals surface area (Å²) in [7, 11) is 1.88. The Morgan fingerprint density at radius 1 is 1.14 bits per heavy atom. The Labute approximate surface area is 166 Å². The second-order valence-corrected chi connectivity index (χ2v) is 7.98. The maximum atomic E-state index is 11.8. The van der Waals surface area contributed by atoms with Crippen LogP contribution in [0.5, 0.6) is 0 Å². The monoisotopic (exact) mass is 377 g/mol. The van der Waals surface area contributed by atoms with Gasteiger partial charge in [0, 0.05) is 18.0 Å². The molecule has 0 amide bonds. The Kier molecular flexibility index (Phi) is 5.27. The first-order valence-corrected chi connectivity index (χ1v) is 9.48. The van der Waals surface area contributed by atoms with E-state index >= 15 is 0 Å². The molecular formula is C23H27N3O2. The van der Waals surface area contributed by atoms with Crippen LogP contribution in [0.15, 0.2) is 48.5 Å². The smallest absolute Gasteiger partial charge is 0.337 e. The molecule has 0 aliphatic carbocycles. The number of benzene rings is 2. The lowest BCUT2D eigenvalue weighted by atomic mass is 9.87. The largest absolute Gasteiger partial charge is 0.478 e.